The molecule has 2 rings (SSSR count). The van der Waals surface area contributed by atoms with Crippen molar-refractivity contribution in [1.29, 1.82) is 0 Å². The molecule has 1 saturated heterocycles. The van der Waals surface area contributed by atoms with Crippen LogP contribution in [-0.4, -0.2) is 23.9 Å². The Morgan fingerprint density at radius 1 is 1.21 bits per heavy atom. The number of carbonyl (C=O) groups excluding carboxylic acids is 1. The predicted molar refractivity (Wildman–Crippen MR) is 56.8 cm³/mol. The molecular weight excluding hydrogens is 174 g/mol. The van der Waals surface area contributed by atoms with Crippen molar-refractivity contribution in [3.8, 4) is 0 Å². The fraction of sp³-hybridized carbons (Fsp3) is 0.917. The number of nitrogens with zero attached hydrogens (tertiary/aromatic N) is 1. The Labute approximate surface area is 86.7 Å². The number of hydrogen-bond donors (Lipinski definition) is 0. The van der Waals surface area contributed by atoms with Gasteiger partial charge < -0.3 is 4.90 Å². The fourth-order valence-corrected chi connectivity index (χ4v) is 3.15. The summed E-state index contributed by atoms with van der Waals surface area (Å²) >= 11 is 0. The van der Waals surface area contributed by atoms with Gasteiger partial charge in [0.2, 0.25) is 5.91 Å². The molecule has 2 fully saturated rings. The average Bonchev–Trinajstić information content (AvgIpc) is 2.57. The molecule has 1 saturated carbocycles. The second-order valence-corrected chi connectivity index (χ2v) is 5.42. The third-order valence-electron chi connectivity index (χ3n) is 4.18. The number of fused-ring (bicyclic) bond motifs is 1. The maximum Gasteiger partial charge on any atom is 0.219 e. The van der Waals surface area contributed by atoms with E-state index in [-0.39, 0.29) is 5.91 Å². The van der Waals surface area contributed by atoms with E-state index in [1.165, 1.54) is 12.8 Å². The molecule has 0 bridgehead atoms. The number of amides is 1. The topological polar surface area (TPSA) is 20.3 Å². The molecule has 0 aromatic heterocycles. The SMILES string of the molecule is CC(=O)N1C[C@H]2CC(C(C)C)C[C@H]2C1. The lowest BCUT2D eigenvalue weighted by Crippen LogP contribution is -2.27. The standard InChI is InChI=1S/C12H21NO/c1-8(2)10-4-11-6-13(9(3)14)7-12(11)5-10/h8,10-12H,4-7H2,1-3H3/t10?,11-,12+. The van der Waals surface area contributed by atoms with Crippen LogP contribution in [0.25, 0.3) is 0 Å². The van der Waals surface area contributed by atoms with E-state index >= 15 is 0 Å². The van der Waals surface area contributed by atoms with Gasteiger partial charge in [-0.25, -0.2) is 0 Å². The van der Waals surface area contributed by atoms with Crippen molar-refractivity contribution in [3.63, 3.8) is 0 Å². The summed E-state index contributed by atoms with van der Waals surface area (Å²) < 4.78 is 0. The fourth-order valence-electron chi connectivity index (χ4n) is 3.15. The van der Waals surface area contributed by atoms with Gasteiger partial charge in [-0.15, -0.1) is 0 Å². The molecule has 1 aliphatic carbocycles. The first kappa shape index (κ1) is 10.0. The Morgan fingerprint density at radius 3 is 2.07 bits per heavy atom. The molecule has 1 aliphatic heterocycles. The first-order valence-corrected chi connectivity index (χ1v) is 5.83. The largest absolute Gasteiger partial charge is 0.342 e. The van der Waals surface area contributed by atoms with Crippen LogP contribution in [0.15, 0.2) is 0 Å². The Kier molecular flexibility index (Phi) is 2.54. The highest BCUT2D eigenvalue weighted by Gasteiger charge is 2.42. The van der Waals surface area contributed by atoms with E-state index in [0.29, 0.717) is 0 Å². The van der Waals surface area contributed by atoms with E-state index in [1.54, 1.807) is 6.92 Å². The van der Waals surface area contributed by atoms with Crippen LogP contribution >= 0.6 is 0 Å². The van der Waals surface area contributed by atoms with Crippen molar-refractivity contribution in [2.45, 2.75) is 33.6 Å². The van der Waals surface area contributed by atoms with E-state index < -0.39 is 0 Å². The maximum atomic E-state index is 11.2. The summed E-state index contributed by atoms with van der Waals surface area (Å²) in [6.45, 7) is 8.41. The molecule has 0 aromatic carbocycles. The zero-order valence-corrected chi connectivity index (χ0v) is 9.49. The zero-order valence-electron chi connectivity index (χ0n) is 9.49. The van der Waals surface area contributed by atoms with Crippen molar-refractivity contribution >= 4 is 5.91 Å². The van der Waals surface area contributed by atoms with Crippen molar-refractivity contribution < 1.29 is 4.79 Å². The minimum absolute atomic E-state index is 0.264. The van der Waals surface area contributed by atoms with Gasteiger partial charge >= 0.3 is 0 Å². The molecular formula is C12H21NO. The highest BCUT2D eigenvalue weighted by atomic mass is 16.2. The monoisotopic (exact) mass is 195 g/mol. The van der Waals surface area contributed by atoms with E-state index in [9.17, 15) is 4.79 Å². The number of rotatable bonds is 1. The Balaban J connectivity index is 1.93. The van der Waals surface area contributed by atoms with Gasteiger partial charge in [0.1, 0.15) is 0 Å². The van der Waals surface area contributed by atoms with E-state index in [1.807, 2.05) is 4.90 Å². The van der Waals surface area contributed by atoms with Gasteiger partial charge in [0.05, 0.1) is 0 Å². The number of likely N-dealkylation sites (tertiary alicyclic amines) is 1. The molecule has 80 valence electrons. The molecule has 0 radical (unpaired) electrons. The molecule has 2 heteroatoms. The zero-order chi connectivity index (χ0) is 10.3. The smallest absolute Gasteiger partial charge is 0.219 e. The first-order valence-electron chi connectivity index (χ1n) is 5.83. The highest BCUT2D eigenvalue weighted by molar-refractivity contribution is 5.73. The molecule has 1 amide bonds. The normalized spacial score (nSPS) is 36.6. The van der Waals surface area contributed by atoms with E-state index in [0.717, 1.165) is 36.8 Å². The minimum atomic E-state index is 0.264. The van der Waals surface area contributed by atoms with Crippen LogP contribution in [0.1, 0.15) is 33.6 Å². The lowest BCUT2D eigenvalue weighted by Gasteiger charge is -2.19. The van der Waals surface area contributed by atoms with Crippen molar-refractivity contribution in [1.82, 2.24) is 4.90 Å². The molecule has 2 aliphatic rings. The van der Waals surface area contributed by atoms with E-state index in [4.69, 9.17) is 0 Å². The lowest BCUT2D eigenvalue weighted by molar-refractivity contribution is -0.128. The van der Waals surface area contributed by atoms with Crippen LogP contribution in [0.2, 0.25) is 0 Å². The average molecular weight is 195 g/mol. The second kappa shape index (κ2) is 3.56. The quantitative estimate of drug-likeness (QED) is 0.628. The Hall–Kier alpha value is -0.530. The van der Waals surface area contributed by atoms with Crippen molar-refractivity contribution in [2.75, 3.05) is 13.1 Å². The summed E-state index contributed by atoms with van der Waals surface area (Å²) in [5.74, 6) is 3.63. The summed E-state index contributed by atoms with van der Waals surface area (Å²) in [6.07, 6.45) is 2.71. The van der Waals surface area contributed by atoms with Crippen LogP contribution in [0, 0.1) is 23.7 Å². The summed E-state index contributed by atoms with van der Waals surface area (Å²) in [6, 6.07) is 0. The molecule has 0 aromatic rings. The van der Waals surface area contributed by atoms with Gasteiger partial charge in [-0.05, 0) is 36.5 Å². The maximum absolute atomic E-state index is 11.2. The van der Waals surface area contributed by atoms with Gasteiger partial charge in [0.15, 0.2) is 0 Å². The van der Waals surface area contributed by atoms with Crippen LogP contribution in [0.5, 0.6) is 0 Å². The number of carbonyl (C=O) groups is 1. The van der Waals surface area contributed by atoms with Gasteiger partial charge in [-0.2, -0.15) is 0 Å². The van der Waals surface area contributed by atoms with Crippen molar-refractivity contribution in [3.05, 3.63) is 0 Å². The molecule has 3 atom stereocenters. The molecule has 0 spiro atoms. The summed E-state index contributed by atoms with van der Waals surface area (Å²) in [5, 5.41) is 0. The third kappa shape index (κ3) is 1.67. The summed E-state index contributed by atoms with van der Waals surface area (Å²) in [7, 11) is 0. The summed E-state index contributed by atoms with van der Waals surface area (Å²) in [5.41, 5.74) is 0. The molecule has 1 unspecified atom stereocenters. The lowest BCUT2D eigenvalue weighted by atomic mass is 9.93. The van der Waals surface area contributed by atoms with E-state index in [2.05, 4.69) is 13.8 Å². The first-order chi connectivity index (χ1) is 6.58. The number of hydrogen-bond acceptors (Lipinski definition) is 1. The minimum Gasteiger partial charge on any atom is -0.342 e. The summed E-state index contributed by atoms with van der Waals surface area (Å²) in [4.78, 5) is 13.3. The van der Waals surface area contributed by atoms with Gasteiger partial charge in [0, 0.05) is 20.0 Å². The molecule has 1 heterocycles. The van der Waals surface area contributed by atoms with Crippen molar-refractivity contribution in [2.24, 2.45) is 23.7 Å². The molecule has 0 N–H and O–H groups in total. The van der Waals surface area contributed by atoms with Crippen LogP contribution < -0.4 is 0 Å². The van der Waals surface area contributed by atoms with Gasteiger partial charge in [0.25, 0.3) is 0 Å². The van der Waals surface area contributed by atoms with Crippen LogP contribution in [-0.2, 0) is 4.79 Å². The molecule has 2 nitrogen and oxygen atoms in total. The highest BCUT2D eigenvalue weighted by Crippen LogP contribution is 2.44. The third-order valence-corrected chi connectivity index (χ3v) is 4.18. The van der Waals surface area contributed by atoms with Gasteiger partial charge in [-0.1, -0.05) is 13.8 Å². The Bertz CT molecular complexity index is 222. The molecule has 14 heavy (non-hydrogen) atoms. The second-order valence-electron chi connectivity index (χ2n) is 5.42. The van der Waals surface area contributed by atoms with Crippen LogP contribution in [0.4, 0.5) is 0 Å². The predicted octanol–water partition coefficient (Wildman–Crippen LogP) is 2.15. The van der Waals surface area contributed by atoms with Crippen LogP contribution in [0.3, 0.4) is 0 Å². The van der Waals surface area contributed by atoms with Gasteiger partial charge in [-0.3, -0.25) is 4.79 Å². The Morgan fingerprint density at radius 2 is 1.71 bits per heavy atom.